The van der Waals surface area contributed by atoms with E-state index in [1.807, 2.05) is 55.5 Å². The van der Waals surface area contributed by atoms with E-state index < -0.39 is 0 Å². The zero-order chi connectivity index (χ0) is 19.1. The zero-order valence-electron chi connectivity index (χ0n) is 16.0. The van der Waals surface area contributed by atoms with E-state index in [0.717, 1.165) is 5.39 Å². The molecule has 0 bridgehead atoms. The molecule has 142 valence electrons. The van der Waals surface area contributed by atoms with Gasteiger partial charge in [0.25, 0.3) is 5.91 Å². The molecule has 27 heavy (non-hydrogen) atoms. The molecule has 0 N–H and O–H groups in total. The highest BCUT2D eigenvalue weighted by atomic mass is 16.5. The first-order valence-electron chi connectivity index (χ1n) is 9.30. The monoisotopic (exact) mass is 368 g/mol. The number of ether oxygens (including phenoxy) is 1. The van der Waals surface area contributed by atoms with Gasteiger partial charge in [0, 0.05) is 12.6 Å². The minimum atomic E-state index is -0.0267. The Bertz CT molecular complexity index is 961. The summed E-state index contributed by atoms with van der Waals surface area (Å²) in [6.07, 6.45) is 3.36. The fourth-order valence-electron chi connectivity index (χ4n) is 3.46. The smallest absolute Gasteiger partial charge is 0.255 e. The molecule has 4 rings (SSSR count). The van der Waals surface area contributed by atoms with Crippen molar-refractivity contribution in [2.24, 2.45) is 0 Å². The first kappa shape index (κ1) is 17.7. The van der Waals surface area contributed by atoms with Gasteiger partial charge < -0.3 is 14.1 Å². The van der Waals surface area contributed by atoms with Crippen LogP contribution in [0.5, 0.6) is 0 Å². The third kappa shape index (κ3) is 3.12. The number of hydrogen-bond donors (Lipinski definition) is 0. The van der Waals surface area contributed by atoms with Crippen molar-refractivity contribution in [3.8, 4) is 11.5 Å². The third-order valence-electron chi connectivity index (χ3n) is 4.93. The summed E-state index contributed by atoms with van der Waals surface area (Å²) in [5, 5.41) is 5.23. The maximum atomic E-state index is 13.4. The van der Waals surface area contributed by atoms with E-state index in [-0.39, 0.29) is 24.1 Å². The molecule has 0 saturated carbocycles. The molecule has 3 aromatic heterocycles. The number of hydrogen-bond acceptors (Lipinski definition) is 5. The largest absolute Gasteiger partial charge is 0.463 e. The van der Waals surface area contributed by atoms with Gasteiger partial charge in [-0.05, 0) is 45.9 Å². The van der Waals surface area contributed by atoms with Crippen LogP contribution in [0.1, 0.15) is 44.1 Å². The highest BCUT2D eigenvalue weighted by Crippen LogP contribution is 2.28. The van der Waals surface area contributed by atoms with E-state index >= 15 is 0 Å². The van der Waals surface area contributed by atoms with Crippen LogP contribution in [-0.4, -0.2) is 50.9 Å². The summed E-state index contributed by atoms with van der Waals surface area (Å²) < 4.78 is 13.0. The van der Waals surface area contributed by atoms with Crippen LogP contribution in [0.3, 0.4) is 0 Å². The summed E-state index contributed by atoms with van der Waals surface area (Å²) in [7, 11) is 0. The molecule has 0 aromatic carbocycles. The number of aromatic nitrogens is 3. The minimum absolute atomic E-state index is 0.0177. The molecule has 0 spiro atoms. The van der Waals surface area contributed by atoms with Crippen LogP contribution in [0.25, 0.3) is 22.5 Å². The van der Waals surface area contributed by atoms with Crippen molar-refractivity contribution in [1.82, 2.24) is 19.7 Å². The molecular weight excluding hydrogens is 344 g/mol. The zero-order valence-corrected chi connectivity index (χ0v) is 16.0. The lowest BCUT2D eigenvalue weighted by atomic mass is 10.1. The molecular formula is C20H24N4O3. The van der Waals surface area contributed by atoms with Crippen molar-refractivity contribution in [3.63, 3.8) is 0 Å². The Balaban J connectivity index is 1.87. The number of pyridine rings is 1. The number of morpholine rings is 1. The predicted molar refractivity (Wildman–Crippen MR) is 102 cm³/mol. The molecule has 0 radical (unpaired) electrons. The van der Waals surface area contributed by atoms with Crippen LogP contribution in [0.15, 0.2) is 35.1 Å². The second kappa shape index (κ2) is 6.81. The topological polar surface area (TPSA) is 73.4 Å². The van der Waals surface area contributed by atoms with Gasteiger partial charge in [-0.15, -0.1) is 0 Å². The van der Waals surface area contributed by atoms with Gasteiger partial charge in [0.1, 0.15) is 5.69 Å². The van der Waals surface area contributed by atoms with Gasteiger partial charge in [-0.2, -0.15) is 5.10 Å². The van der Waals surface area contributed by atoms with Crippen molar-refractivity contribution < 1.29 is 13.9 Å². The summed E-state index contributed by atoms with van der Waals surface area (Å²) in [6, 6.07) is 5.62. The van der Waals surface area contributed by atoms with E-state index in [1.165, 1.54) is 0 Å². The van der Waals surface area contributed by atoms with Crippen molar-refractivity contribution in [1.29, 1.82) is 0 Å². The van der Waals surface area contributed by atoms with Gasteiger partial charge in [0.15, 0.2) is 11.4 Å². The SMILES string of the molecule is CC1CN(C(=O)c2cc(-c3ccco3)nc3c2cnn3C(C)C)C(C)CO1. The van der Waals surface area contributed by atoms with Gasteiger partial charge in [0.2, 0.25) is 0 Å². The van der Waals surface area contributed by atoms with Gasteiger partial charge in [0.05, 0.1) is 42.2 Å². The highest BCUT2D eigenvalue weighted by molar-refractivity contribution is 6.06. The van der Waals surface area contributed by atoms with Crippen molar-refractivity contribution >= 4 is 16.9 Å². The Morgan fingerprint density at radius 3 is 2.85 bits per heavy atom. The van der Waals surface area contributed by atoms with E-state index in [0.29, 0.717) is 35.8 Å². The summed E-state index contributed by atoms with van der Waals surface area (Å²) in [4.78, 5) is 20.1. The van der Waals surface area contributed by atoms with Crippen LogP contribution < -0.4 is 0 Å². The van der Waals surface area contributed by atoms with E-state index in [1.54, 1.807) is 12.5 Å². The predicted octanol–water partition coefficient (Wildman–Crippen LogP) is 3.52. The lowest BCUT2D eigenvalue weighted by molar-refractivity contribution is -0.0386. The van der Waals surface area contributed by atoms with Crippen LogP contribution >= 0.6 is 0 Å². The second-order valence-corrected chi connectivity index (χ2v) is 7.40. The average molecular weight is 368 g/mol. The Morgan fingerprint density at radius 2 is 2.15 bits per heavy atom. The average Bonchev–Trinajstić information content (AvgIpc) is 3.31. The number of amides is 1. The third-order valence-corrected chi connectivity index (χ3v) is 4.93. The molecule has 1 fully saturated rings. The highest BCUT2D eigenvalue weighted by Gasteiger charge is 2.30. The Morgan fingerprint density at radius 1 is 1.33 bits per heavy atom. The van der Waals surface area contributed by atoms with E-state index in [4.69, 9.17) is 14.1 Å². The van der Waals surface area contributed by atoms with Crippen LogP contribution in [0.2, 0.25) is 0 Å². The minimum Gasteiger partial charge on any atom is -0.463 e. The Labute approximate surface area is 157 Å². The molecule has 2 unspecified atom stereocenters. The Kier molecular flexibility index (Phi) is 4.47. The number of fused-ring (bicyclic) bond motifs is 1. The van der Waals surface area contributed by atoms with Gasteiger partial charge in [-0.1, -0.05) is 0 Å². The fraction of sp³-hybridized carbons (Fsp3) is 0.450. The maximum absolute atomic E-state index is 13.4. The molecule has 1 amide bonds. The first-order chi connectivity index (χ1) is 13.0. The summed E-state index contributed by atoms with van der Waals surface area (Å²) in [6.45, 7) is 9.18. The first-order valence-corrected chi connectivity index (χ1v) is 9.30. The number of nitrogens with zero attached hydrogens (tertiary/aromatic N) is 4. The molecule has 2 atom stereocenters. The van der Waals surface area contributed by atoms with Crippen molar-refractivity contribution in [3.05, 3.63) is 36.2 Å². The van der Waals surface area contributed by atoms with Crippen LogP contribution in [0.4, 0.5) is 0 Å². The molecule has 0 aliphatic carbocycles. The number of furan rings is 1. The van der Waals surface area contributed by atoms with Gasteiger partial charge in [-0.3, -0.25) is 4.79 Å². The summed E-state index contributed by atoms with van der Waals surface area (Å²) in [5.74, 6) is 0.604. The van der Waals surface area contributed by atoms with Gasteiger partial charge in [-0.25, -0.2) is 9.67 Å². The molecule has 3 aromatic rings. The van der Waals surface area contributed by atoms with E-state index in [2.05, 4.69) is 5.10 Å². The molecule has 4 heterocycles. The van der Waals surface area contributed by atoms with Gasteiger partial charge >= 0.3 is 0 Å². The molecule has 1 saturated heterocycles. The quantitative estimate of drug-likeness (QED) is 0.707. The summed E-state index contributed by atoms with van der Waals surface area (Å²) in [5.41, 5.74) is 1.92. The number of carbonyl (C=O) groups excluding carboxylic acids is 1. The normalized spacial score (nSPS) is 20.6. The number of carbonyl (C=O) groups is 1. The maximum Gasteiger partial charge on any atom is 0.255 e. The molecule has 1 aliphatic rings. The Hall–Kier alpha value is -2.67. The van der Waals surface area contributed by atoms with Crippen molar-refractivity contribution in [2.45, 2.75) is 45.9 Å². The standard InChI is InChI=1S/C20H24N4O3/c1-12(2)24-19-16(9-21-24)15(8-17(22-19)18-6-5-7-26-18)20(25)23-10-14(4)27-11-13(23)3/h5-9,12-14H,10-11H2,1-4H3. The lowest BCUT2D eigenvalue weighted by Crippen LogP contribution is -2.50. The lowest BCUT2D eigenvalue weighted by Gasteiger charge is -2.37. The van der Waals surface area contributed by atoms with Crippen molar-refractivity contribution in [2.75, 3.05) is 13.2 Å². The van der Waals surface area contributed by atoms with Crippen LogP contribution in [0, 0.1) is 0 Å². The van der Waals surface area contributed by atoms with Crippen LogP contribution in [-0.2, 0) is 4.74 Å². The number of rotatable bonds is 3. The van der Waals surface area contributed by atoms with E-state index in [9.17, 15) is 4.79 Å². The molecule has 7 heteroatoms. The fourth-order valence-corrected chi connectivity index (χ4v) is 3.46. The molecule has 7 nitrogen and oxygen atoms in total. The molecule has 1 aliphatic heterocycles. The summed E-state index contributed by atoms with van der Waals surface area (Å²) >= 11 is 0. The second-order valence-electron chi connectivity index (χ2n) is 7.40.